The van der Waals surface area contributed by atoms with Crippen molar-refractivity contribution in [2.45, 2.75) is 26.2 Å². The Balaban J connectivity index is 1.49. The van der Waals surface area contributed by atoms with Crippen LogP contribution in [0.15, 0.2) is 67.0 Å². The van der Waals surface area contributed by atoms with E-state index >= 15 is 0 Å². The van der Waals surface area contributed by atoms with E-state index in [4.69, 9.17) is 12.2 Å². The second-order valence-corrected chi connectivity index (χ2v) is 6.75. The highest BCUT2D eigenvalue weighted by molar-refractivity contribution is 7.80. The van der Waals surface area contributed by atoms with Gasteiger partial charge in [0.1, 0.15) is 0 Å². The normalized spacial score (nSPS) is 10.3. The summed E-state index contributed by atoms with van der Waals surface area (Å²) in [5, 5.41) is 7.57. The van der Waals surface area contributed by atoms with Gasteiger partial charge in [-0.25, -0.2) is 4.68 Å². The summed E-state index contributed by atoms with van der Waals surface area (Å²) in [5.74, 6) is -0.318. The van der Waals surface area contributed by atoms with E-state index in [1.807, 2.05) is 42.5 Å². The van der Waals surface area contributed by atoms with Crippen LogP contribution in [-0.2, 0) is 6.42 Å². The molecule has 0 bridgehead atoms. The second-order valence-electron chi connectivity index (χ2n) is 6.34. The molecule has 144 valence electrons. The van der Waals surface area contributed by atoms with Crippen LogP contribution < -0.4 is 16.2 Å². The van der Waals surface area contributed by atoms with Gasteiger partial charge >= 0.3 is 0 Å². The maximum atomic E-state index is 12.3. The zero-order valence-corrected chi connectivity index (χ0v) is 16.5. The number of para-hydroxylation sites is 1. The van der Waals surface area contributed by atoms with E-state index in [1.165, 1.54) is 24.6 Å². The number of nitrogens with one attached hydrogen (secondary N) is 3. The molecule has 0 fully saturated rings. The summed E-state index contributed by atoms with van der Waals surface area (Å²) in [6.45, 7) is 2.18. The number of carbonyl (C=O) groups is 1. The smallest absolute Gasteiger partial charge is 0.272 e. The first kappa shape index (κ1) is 19.6. The average Bonchev–Trinajstić information content (AvgIpc) is 3.22. The summed E-state index contributed by atoms with van der Waals surface area (Å²) in [7, 11) is 0. The molecule has 7 heteroatoms. The van der Waals surface area contributed by atoms with E-state index in [1.54, 1.807) is 10.9 Å². The highest BCUT2D eigenvalue weighted by Crippen LogP contribution is 2.12. The standard InChI is InChI=1S/C21H23N5OS/c1-2-3-7-16-10-12-18(13-11-16)23-21(28)25-24-20(27)17-14-22-26(15-17)19-8-5-4-6-9-19/h4-6,8-15H,2-3,7H2,1H3,(H,24,27)(H2,23,25,28). The summed E-state index contributed by atoms with van der Waals surface area (Å²) in [5.41, 5.74) is 8.77. The fourth-order valence-electron chi connectivity index (χ4n) is 2.65. The van der Waals surface area contributed by atoms with Crippen LogP contribution in [0.25, 0.3) is 5.69 Å². The molecule has 1 aromatic heterocycles. The van der Waals surface area contributed by atoms with Crippen molar-refractivity contribution in [3.05, 3.63) is 78.1 Å². The Bertz CT molecular complexity index is 921. The van der Waals surface area contributed by atoms with Crippen molar-refractivity contribution in [2.75, 3.05) is 5.32 Å². The van der Waals surface area contributed by atoms with Gasteiger partial charge in [-0.1, -0.05) is 43.7 Å². The third kappa shape index (κ3) is 5.40. The van der Waals surface area contributed by atoms with Crippen molar-refractivity contribution >= 4 is 28.9 Å². The molecule has 28 heavy (non-hydrogen) atoms. The molecule has 2 aromatic carbocycles. The van der Waals surface area contributed by atoms with Gasteiger partial charge in [0.15, 0.2) is 5.11 Å². The monoisotopic (exact) mass is 393 g/mol. The second kappa shape index (κ2) is 9.66. The number of aromatic nitrogens is 2. The van der Waals surface area contributed by atoms with E-state index in [2.05, 4.69) is 40.3 Å². The number of hydrazine groups is 1. The van der Waals surface area contributed by atoms with Gasteiger partial charge in [-0.3, -0.25) is 15.6 Å². The van der Waals surface area contributed by atoms with Crippen molar-refractivity contribution in [3.63, 3.8) is 0 Å². The maximum absolute atomic E-state index is 12.3. The number of thiocarbonyl (C=S) groups is 1. The number of hydrogen-bond acceptors (Lipinski definition) is 3. The van der Waals surface area contributed by atoms with Gasteiger partial charge in [0.25, 0.3) is 5.91 Å². The number of nitrogens with zero attached hydrogens (tertiary/aromatic N) is 2. The molecule has 0 unspecified atom stereocenters. The molecule has 1 amide bonds. The lowest BCUT2D eigenvalue weighted by Crippen LogP contribution is -2.43. The SMILES string of the molecule is CCCCc1ccc(NC(=S)NNC(=O)c2cnn(-c3ccccc3)c2)cc1. The van der Waals surface area contributed by atoms with Gasteiger partial charge in [-0.2, -0.15) is 5.10 Å². The summed E-state index contributed by atoms with van der Waals surface area (Å²) in [6.07, 6.45) is 6.61. The first-order chi connectivity index (χ1) is 13.7. The number of benzene rings is 2. The third-order valence-electron chi connectivity index (χ3n) is 4.19. The van der Waals surface area contributed by atoms with E-state index in [0.29, 0.717) is 10.7 Å². The molecule has 0 atom stereocenters. The van der Waals surface area contributed by atoms with Crippen molar-refractivity contribution < 1.29 is 4.79 Å². The van der Waals surface area contributed by atoms with Gasteiger partial charge in [0, 0.05) is 11.9 Å². The number of amides is 1. The lowest BCUT2D eigenvalue weighted by Gasteiger charge is -2.11. The van der Waals surface area contributed by atoms with Crippen LogP contribution >= 0.6 is 12.2 Å². The number of hydrogen-bond donors (Lipinski definition) is 3. The topological polar surface area (TPSA) is 71.0 Å². The zero-order chi connectivity index (χ0) is 19.8. The highest BCUT2D eigenvalue weighted by atomic mass is 32.1. The molecule has 3 rings (SSSR count). The highest BCUT2D eigenvalue weighted by Gasteiger charge is 2.09. The van der Waals surface area contributed by atoms with Crippen LogP contribution in [0.1, 0.15) is 35.7 Å². The largest absolute Gasteiger partial charge is 0.331 e. The van der Waals surface area contributed by atoms with Gasteiger partial charge in [0.2, 0.25) is 0 Å². The molecule has 0 saturated heterocycles. The Kier molecular flexibility index (Phi) is 6.75. The van der Waals surface area contributed by atoms with Gasteiger partial charge < -0.3 is 5.32 Å². The molecule has 3 aromatic rings. The molecular weight excluding hydrogens is 370 g/mol. The van der Waals surface area contributed by atoms with Gasteiger partial charge in [0.05, 0.1) is 17.4 Å². The summed E-state index contributed by atoms with van der Waals surface area (Å²) in [6, 6.07) is 17.7. The molecule has 6 nitrogen and oxygen atoms in total. The minimum Gasteiger partial charge on any atom is -0.331 e. The Labute approximate surface area is 169 Å². The molecule has 0 aliphatic carbocycles. The number of anilines is 1. The van der Waals surface area contributed by atoms with Gasteiger partial charge in [-0.05, 0) is 54.9 Å². The molecule has 0 saturated carbocycles. The Hall–Kier alpha value is -3.19. The number of rotatable bonds is 6. The van der Waals surface area contributed by atoms with Gasteiger partial charge in [-0.15, -0.1) is 0 Å². The van der Waals surface area contributed by atoms with Crippen LogP contribution in [0.5, 0.6) is 0 Å². The fraction of sp³-hybridized carbons (Fsp3) is 0.190. The minimum absolute atomic E-state index is 0.310. The Morgan fingerprint density at radius 3 is 2.54 bits per heavy atom. The van der Waals surface area contributed by atoms with Crippen molar-refractivity contribution in [2.24, 2.45) is 0 Å². The number of unbranched alkanes of at least 4 members (excludes halogenated alkanes) is 1. The van der Waals surface area contributed by atoms with E-state index in [-0.39, 0.29) is 5.91 Å². The molecular formula is C21H23N5OS. The zero-order valence-electron chi connectivity index (χ0n) is 15.7. The third-order valence-corrected chi connectivity index (χ3v) is 4.39. The summed E-state index contributed by atoms with van der Waals surface area (Å²) in [4.78, 5) is 12.3. The van der Waals surface area contributed by atoms with E-state index in [0.717, 1.165) is 17.8 Å². The van der Waals surface area contributed by atoms with Crippen LogP contribution in [0.3, 0.4) is 0 Å². The van der Waals surface area contributed by atoms with Crippen molar-refractivity contribution in [1.29, 1.82) is 0 Å². The van der Waals surface area contributed by atoms with Crippen molar-refractivity contribution in [3.8, 4) is 5.69 Å². The lowest BCUT2D eigenvalue weighted by molar-refractivity contribution is 0.0944. The fourth-order valence-corrected chi connectivity index (χ4v) is 2.81. The lowest BCUT2D eigenvalue weighted by atomic mass is 10.1. The molecule has 0 aliphatic rings. The number of carbonyl (C=O) groups excluding carboxylic acids is 1. The molecule has 0 radical (unpaired) electrons. The molecule has 0 aliphatic heterocycles. The minimum atomic E-state index is -0.318. The van der Waals surface area contributed by atoms with Crippen molar-refractivity contribution in [1.82, 2.24) is 20.6 Å². The van der Waals surface area contributed by atoms with Crippen LogP contribution in [0, 0.1) is 0 Å². The van der Waals surface area contributed by atoms with E-state index < -0.39 is 0 Å². The average molecular weight is 394 g/mol. The molecule has 3 N–H and O–H groups in total. The predicted octanol–water partition coefficient (Wildman–Crippen LogP) is 3.85. The summed E-state index contributed by atoms with van der Waals surface area (Å²) >= 11 is 5.23. The van der Waals surface area contributed by atoms with Crippen LogP contribution in [-0.4, -0.2) is 20.8 Å². The summed E-state index contributed by atoms with van der Waals surface area (Å²) < 4.78 is 1.64. The van der Waals surface area contributed by atoms with Crippen LogP contribution in [0.4, 0.5) is 5.69 Å². The first-order valence-corrected chi connectivity index (χ1v) is 9.63. The van der Waals surface area contributed by atoms with E-state index in [9.17, 15) is 4.79 Å². The Morgan fingerprint density at radius 2 is 1.82 bits per heavy atom. The molecule has 0 spiro atoms. The Morgan fingerprint density at radius 1 is 1.07 bits per heavy atom. The molecule has 1 heterocycles. The quantitative estimate of drug-likeness (QED) is 0.438. The van der Waals surface area contributed by atoms with Crippen LogP contribution in [0.2, 0.25) is 0 Å². The first-order valence-electron chi connectivity index (χ1n) is 9.22. The predicted molar refractivity (Wildman–Crippen MR) is 115 cm³/mol. The number of aryl methyl sites for hydroxylation is 1. The maximum Gasteiger partial charge on any atom is 0.272 e.